The summed E-state index contributed by atoms with van der Waals surface area (Å²) in [5.41, 5.74) is 3.93. The number of methoxy groups -OCH3 is 1. The molecule has 0 aliphatic carbocycles. The van der Waals surface area contributed by atoms with Crippen molar-refractivity contribution >= 4 is 12.0 Å². The van der Waals surface area contributed by atoms with Crippen molar-refractivity contribution in [3.8, 4) is 0 Å². The second-order valence-corrected chi connectivity index (χ2v) is 4.92. The molecule has 1 atom stereocenters. The van der Waals surface area contributed by atoms with E-state index in [0.717, 1.165) is 16.7 Å². The first-order valence-corrected chi connectivity index (χ1v) is 6.37. The molecule has 2 rings (SSSR count). The van der Waals surface area contributed by atoms with Crippen molar-refractivity contribution in [3.05, 3.63) is 46.2 Å². The Morgan fingerprint density at radius 1 is 1.25 bits per heavy atom. The van der Waals surface area contributed by atoms with E-state index >= 15 is 0 Å². The third-order valence-electron chi connectivity index (χ3n) is 3.42. The summed E-state index contributed by atoms with van der Waals surface area (Å²) in [7, 11) is 1.33. The van der Waals surface area contributed by atoms with Gasteiger partial charge in [-0.15, -0.1) is 0 Å². The molecule has 2 amide bonds. The van der Waals surface area contributed by atoms with Crippen LogP contribution >= 0.6 is 0 Å². The Balaban J connectivity index is 2.56. The first kappa shape index (κ1) is 14.1. The lowest BCUT2D eigenvalue weighted by molar-refractivity contribution is -0.136. The van der Waals surface area contributed by atoms with Crippen LogP contribution in [0.3, 0.4) is 0 Å². The van der Waals surface area contributed by atoms with E-state index in [4.69, 9.17) is 4.74 Å². The second kappa shape index (κ2) is 5.36. The molecule has 0 saturated carbocycles. The molecule has 0 bridgehead atoms. The molecule has 106 valence electrons. The van der Waals surface area contributed by atoms with Gasteiger partial charge in [0, 0.05) is 5.70 Å². The number of allylic oxidation sites excluding steroid dienone is 1. The quantitative estimate of drug-likeness (QED) is 0.812. The highest BCUT2D eigenvalue weighted by molar-refractivity contribution is 5.95. The molecule has 1 aliphatic rings. The summed E-state index contributed by atoms with van der Waals surface area (Å²) in [5.74, 6) is -0.444. The van der Waals surface area contributed by atoms with E-state index in [-0.39, 0.29) is 6.03 Å². The molecule has 0 spiro atoms. The Hall–Kier alpha value is -2.30. The van der Waals surface area contributed by atoms with Crippen LogP contribution in [0.4, 0.5) is 4.79 Å². The molecule has 0 fully saturated rings. The SMILES string of the molecule is COC(=O)C1=C(C)NC(=O)N[C@H]1c1cc(C)ccc1C. The van der Waals surface area contributed by atoms with Crippen LogP contribution < -0.4 is 10.6 Å². The lowest BCUT2D eigenvalue weighted by atomic mass is 9.91. The maximum absolute atomic E-state index is 12.0. The third kappa shape index (κ3) is 2.52. The monoisotopic (exact) mass is 274 g/mol. The van der Waals surface area contributed by atoms with Crippen molar-refractivity contribution < 1.29 is 14.3 Å². The summed E-state index contributed by atoms with van der Waals surface area (Å²) in [4.78, 5) is 23.7. The smallest absolute Gasteiger partial charge is 0.337 e. The van der Waals surface area contributed by atoms with Gasteiger partial charge in [-0.1, -0.05) is 23.8 Å². The van der Waals surface area contributed by atoms with Gasteiger partial charge in [-0.3, -0.25) is 0 Å². The molecule has 1 heterocycles. The Morgan fingerprint density at radius 2 is 1.95 bits per heavy atom. The number of ether oxygens (including phenoxy) is 1. The molecule has 20 heavy (non-hydrogen) atoms. The minimum absolute atomic E-state index is 0.318. The fraction of sp³-hybridized carbons (Fsp3) is 0.333. The van der Waals surface area contributed by atoms with Crippen LogP contribution in [0.5, 0.6) is 0 Å². The van der Waals surface area contributed by atoms with Gasteiger partial charge in [-0.2, -0.15) is 0 Å². The highest BCUT2D eigenvalue weighted by Gasteiger charge is 2.32. The third-order valence-corrected chi connectivity index (χ3v) is 3.42. The number of hydrogen-bond donors (Lipinski definition) is 2. The topological polar surface area (TPSA) is 67.4 Å². The number of carbonyl (C=O) groups is 2. The highest BCUT2D eigenvalue weighted by Crippen LogP contribution is 2.30. The zero-order chi connectivity index (χ0) is 14.9. The van der Waals surface area contributed by atoms with E-state index in [9.17, 15) is 9.59 Å². The number of urea groups is 1. The summed E-state index contributed by atoms with van der Waals surface area (Å²) >= 11 is 0. The maximum atomic E-state index is 12.0. The van der Waals surface area contributed by atoms with E-state index in [1.54, 1.807) is 6.92 Å². The highest BCUT2D eigenvalue weighted by atomic mass is 16.5. The standard InChI is InChI=1S/C15H18N2O3/c1-8-5-6-9(2)11(7-8)13-12(14(18)20-4)10(3)16-15(19)17-13/h5-7,13H,1-4H3,(H2,16,17,19)/t13-/m0/s1. The van der Waals surface area contributed by atoms with Crippen molar-refractivity contribution in [2.75, 3.05) is 7.11 Å². The number of aryl methyl sites for hydroxylation is 2. The normalized spacial score (nSPS) is 18.4. The first-order valence-electron chi connectivity index (χ1n) is 6.37. The van der Waals surface area contributed by atoms with E-state index in [0.29, 0.717) is 11.3 Å². The molecule has 0 radical (unpaired) electrons. The maximum Gasteiger partial charge on any atom is 0.337 e. The van der Waals surface area contributed by atoms with Gasteiger partial charge >= 0.3 is 12.0 Å². The first-order chi connectivity index (χ1) is 9.43. The Bertz CT molecular complexity index is 605. The largest absolute Gasteiger partial charge is 0.466 e. The predicted molar refractivity (Wildman–Crippen MR) is 75.0 cm³/mol. The second-order valence-electron chi connectivity index (χ2n) is 4.92. The Morgan fingerprint density at radius 3 is 2.60 bits per heavy atom. The van der Waals surface area contributed by atoms with Crippen LogP contribution in [-0.4, -0.2) is 19.1 Å². The summed E-state index contributed by atoms with van der Waals surface area (Å²) in [5, 5.41) is 5.39. The Kier molecular flexibility index (Phi) is 3.79. The fourth-order valence-electron chi connectivity index (χ4n) is 2.38. The van der Waals surface area contributed by atoms with E-state index in [1.165, 1.54) is 7.11 Å². The number of benzene rings is 1. The van der Waals surface area contributed by atoms with Crippen molar-refractivity contribution in [3.63, 3.8) is 0 Å². The molecule has 0 aromatic heterocycles. The Labute approximate surface area is 118 Å². The van der Waals surface area contributed by atoms with E-state index in [1.807, 2.05) is 32.0 Å². The van der Waals surface area contributed by atoms with E-state index < -0.39 is 12.0 Å². The van der Waals surface area contributed by atoms with Crippen LogP contribution in [-0.2, 0) is 9.53 Å². The minimum atomic E-state index is -0.490. The van der Waals surface area contributed by atoms with Crippen molar-refractivity contribution in [1.29, 1.82) is 0 Å². The summed E-state index contributed by atoms with van der Waals surface area (Å²) in [6, 6.07) is 5.14. The summed E-state index contributed by atoms with van der Waals surface area (Å²) in [6.45, 7) is 5.62. The molecular weight excluding hydrogens is 256 g/mol. The van der Waals surface area contributed by atoms with Gasteiger partial charge in [0.05, 0.1) is 18.7 Å². The van der Waals surface area contributed by atoms with Crippen LogP contribution in [0, 0.1) is 13.8 Å². The average molecular weight is 274 g/mol. The molecule has 0 unspecified atom stereocenters. The number of hydrogen-bond acceptors (Lipinski definition) is 3. The van der Waals surface area contributed by atoms with Crippen LogP contribution in [0.15, 0.2) is 29.5 Å². The number of nitrogens with one attached hydrogen (secondary N) is 2. The number of rotatable bonds is 2. The van der Waals surface area contributed by atoms with Gasteiger partial charge in [-0.25, -0.2) is 9.59 Å². The van der Waals surface area contributed by atoms with Crippen molar-refractivity contribution in [2.24, 2.45) is 0 Å². The molecule has 1 aromatic carbocycles. The molecular formula is C15H18N2O3. The lowest BCUT2D eigenvalue weighted by Gasteiger charge is -2.29. The molecule has 5 nitrogen and oxygen atoms in total. The average Bonchev–Trinajstić information content (AvgIpc) is 2.40. The zero-order valence-electron chi connectivity index (χ0n) is 12.0. The molecule has 0 saturated heterocycles. The number of amides is 2. The number of esters is 1. The summed E-state index contributed by atoms with van der Waals surface area (Å²) in [6.07, 6.45) is 0. The van der Waals surface area contributed by atoms with Crippen molar-refractivity contribution in [2.45, 2.75) is 26.8 Å². The van der Waals surface area contributed by atoms with Gasteiger partial charge in [-0.05, 0) is 31.9 Å². The molecule has 2 N–H and O–H groups in total. The van der Waals surface area contributed by atoms with Gasteiger partial charge < -0.3 is 15.4 Å². The summed E-state index contributed by atoms with van der Waals surface area (Å²) < 4.78 is 4.83. The van der Waals surface area contributed by atoms with Gasteiger partial charge in [0.1, 0.15) is 0 Å². The molecule has 5 heteroatoms. The lowest BCUT2D eigenvalue weighted by Crippen LogP contribution is -2.45. The van der Waals surface area contributed by atoms with Gasteiger partial charge in [0.15, 0.2) is 0 Å². The van der Waals surface area contributed by atoms with Gasteiger partial charge in [0.25, 0.3) is 0 Å². The zero-order valence-corrected chi connectivity index (χ0v) is 12.0. The van der Waals surface area contributed by atoms with Crippen molar-refractivity contribution in [1.82, 2.24) is 10.6 Å². The fourth-order valence-corrected chi connectivity index (χ4v) is 2.38. The van der Waals surface area contributed by atoms with Crippen LogP contribution in [0.1, 0.15) is 29.7 Å². The van der Waals surface area contributed by atoms with Crippen LogP contribution in [0.25, 0.3) is 0 Å². The van der Waals surface area contributed by atoms with Gasteiger partial charge in [0.2, 0.25) is 0 Å². The number of carbonyl (C=O) groups excluding carboxylic acids is 2. The van der Waals surface area contributed by atoms with Crippen LogP contribution in [0.2, 0.25) is 0 Å². The minimum Gasteiger partial charge on any atom is -0.466 e. The predicted octanol–water partition coefficient (Wildman–Crippen LogP) is 2.10. The molecule has 1 aliphatic heterocycles. The van der Waals surface area contributed by atoms with E-state index in [2.05, 4.69) is 10.6 Å². The molecule has 1 aromatic rings.